The second kappa shape index (κ2) is 4.31. The van der Waals surface area contributed by atoms with Crippen molar-refractivity contribution < 1.29 is 27.6 Å². The van der Waals surface area contributed by atoms with Gasteiger partial charge < -0.3 is 9.84 Å². The molecule has 4 nitrogen and oxygen atoms in total. The summed E-state index contributed by atoms with van der Waals surface area (Å²) in [6.07, 6.45) is 0.447. The zero-order valence-electron chi connectivity index (χ0n) is 7.24. The Bertz CT molecular complexity index is 250. The molecular formula is C7H10F2O4S. The summed E-state index contributed by atoms with van der Waals surface area (Å²) in [4.78, 5) is 10.1. The van der Waals surface area contributed by atoms with Crippen molar-refractivity contribution in [3.8, 4) is 0 Å². The first-order valence-corrected chi connectivity index (χ1v) is 5.38. The monoisotopic (exact) mass is 228 g/mol. The van der Waals surface area contributed by atoms with Crippen LogP contribution in [0, 0.1) is 0 Å². The molecule has 0 spiro atoms. The van der Waals surface area contributed by atoms with Crippen LogP contribution in [-0.4, -0.2) is 45.4 Å². The molecule has 1 fully saturated rings. The van der Waals surface area contributed by atoms with Gasteiger partial charge in [-0.2, -0.15) is 8.78 Å². The third-order valence-corrected chi connectivity index (χ3v) is 3.66. The van der Waals surface area contributed by atoms with Crippen LogP contribution in [0.15, 0.2) is 0 Å². The highest BCUT2D eigenvalue weighted by Crippen LogP contribution is 2.20. The van der Waals surface area contributed by atoms with Crippen LogP contribution in [0.4, 0.5) is 8.78 Å². The molecule has 0 radical (unpaired) electrons. The molecule has 1 rings (SSSR count). The van der Waals surface area contributed by atoms with Gasteiger partial charge >= 0.3 is 11.9 Å². The number of rotatable bonds is 4. The molecule has 14 heavy (non-hydrogen) atoms. The fourth-order valence-corrected chi connectivity index (χ4v) is 2.40. The van der Waals surface area contributed by atoms with Crippen molar-refractivity contribution in [2.45, 2.75) is 17.6 Å². The lowest BCUT2D eigenvalue weighted by molar-refractivity contribution is -0.161. The standard InChI is InChI=1S/C7H10F2O4S/c8-7(9,6(10)11)4-14(12)5-1-2-13-3-5/h5H,1-4H2,(H,10,11). The molecule has 1 saturated heterocycles. The van der Waals surface area contributed by atoms with E-state index < -0.39 is 33.7 Å². The topological polar surface area (TPSA) is 63.6 Å². The van der Waals surface area contributed by atoms with Gasteiger partial charge in [0.05, 0.1) is 17.6 Å². The first-order chi connectivity index (χ1) is 6.43. The van der Waals surface area contributed by atoms with E-state index in [1.807, 2.05) is 0 Å². The molecule has 7 heteroatoms. The van der Waals surface area contributed by atoms with Gasteiger partial charge in [-0.3, -0.25) is 4.21 Å². The minimum atomic E-state index is -3.91. The highest BCUT2D eigenvalue weighted by Gasteiger charge is 2.42. The number of halogens is 2. The second-order valence-corrected chi connectivity index (χ2v) is 4.74. The Hall–Kier alpha value is -0.560. The number of carbonyl (C=O) groups is 1. The van der Waals surface area contributed by atoms with Crippen LogP contribution in [0.3, 0.4) is 0 Å². The van der Waals surface area contributed by atoms with Crippen molar-refractivity contribution in [2.24, 2.45) is 0 Å². The minimum absolute atomic E-state index is 0.169. The lowest BCUT2D eigenvalue weighted by atomic mass is 10.4. The highest BCUT2D eigenvalue weighted by atomic mass is 32.2. The summed E-state index contributed by atoms with van der Waals surface area (Å²) < 4.78 is 41.4. The summed E-state index contributed by atoms with van der Waals surface area (Å²) in [5.41, 5.74) is 0. The highest BCUT2D eigenvalue weighted by molar-refractivity contribution is 7.85. The van der Waals surface area contributed by atoms with Crippen LogP contribution >= 0.6 is 0 Å². The molecule has 1 aliphatic rings. The summed E-state index contributed by atoms with van der Waals surface area (Å²) in [7, 11) is -1.84. The molecule has 2 unspecified atom stereocenters. The van der Waals surface area contributed by atoms with Crippen molar-refractivity contribution in [1.82, 2.24) is 0 Å². The van der Waals surface area contributed by atoms with Gasteiger partial charge in [0.15, 0.2) is 0 Å². The maximum absolute atomic E-state index is 12.6. The number of hydrogen-bond acceptors (Lipinski definition) is 3. The first kappa shape index (κ1) is 11.5. The van der Waals surface area contributed by atoms with Crippen LogP contribution in [0.25, 0.3) is 0 Å². The molecule has 0 amide bonds. The van der Waals surface area contributed by atoms with Crippen molar-refractivity contribution >= 4 is 16.8 Å². The summed E-state index contributed by atoms with van der Waals surface area (Å²) in [5, 5.41) is 7.66. The van der Waals surface area contributed by atoms with Crippen molar-refractivity contribution in [2.75, 3.05) is 19.0 Å². The van der Waals surface area contributed by atoms with E-state index in [9.17, 15) is 17.8 Å². The van der Waals surface area contributed by atoms with Crippen LogP contribution in [0.2, 0.25) is 0 Å². The predicted octanol–water partition coefficient (Wildman–Crippen LogP) is 0.244. The van der Waals surface area contributed by atoms with Gasteiger partial charge in [-0.1, -0.05) is 0 Å². The number of aliphatic carboxylic acids is 1. The fraction of sp³-hybridized carbons (Fsp3) is 0.857. The Morgan fingerprint density at radius 3 is 2.71 bits per heavy atom. The summed E-state index contributed by atoms with van der Waals surface area (Å²) in [6, 6.07) is 0. The van der Waals surface area contributed by atoms with E-state index in [1.54, 1.807) is 0 Å². The molecule has 1 heterocycles. The van der Waals surface area contributed by atoms with E-state index in [2.05, 4.69) is 0 Å². The third-order valence-electron chi connectivity index (χ3n) is 1.90. The van der Waals surface area contributed by atoms with Gasteiger partial charge in [-0.05, 0) is 6.42 Å². The summed E-state index contributed by atoms with van der Waals surface area (Å²) in [6.45, 7) is 0.567. The van der Waals surface area contributed by atoms with Gasteiger partial charge in [0.2, 0.25) is 0 Å². The van der Waals surface area contributed by atoms with Gasteiger partial charge in [0.1, 0.15) is 0 Å². The quantitative estimate of drug-likeness (QED) is 0.748. The third kappa shape index (κ3) is 2.71. The molecule has 0 aliphatic carbocycles. The molecule has 0 bridgehead atoms. The van der Waals surface area contributed by atoms with E-state index in [4.69, 9.17) is 9.84 Å². The lowest BCUT2D eigenvalue weighted by Crippen LogP contribution is -2.37. The number of ether oxygens (including phenoxy) is 1. The summed E-state index contributed by atoms with van der Waals surface area (Å²) >= 11 is 0. The van der Waals surface area contributed by atoms with Crippen LogP contribution in [-0.2, 0) is 20.3 Å². The molecule has 0 aromatic heterocycles. The summed E-state index contributed by atoms with van der Waals surface area (Å²) in [5.74, 6) is -7.27. The zero-order valence-corrected chi connectivity index (χ0v) is 8.06. The second-order valence-electron chi connectivity index (χ2n) is 3.02. The van der Waals surface area contributed by atoms with Gasteiger partial charge in [0, 0.05) is 17.4 Å². The van der Waals surface area contributed by atoms with Gasteiger partial charge in [-0.25, -0.2) is 4.79 Å². The molecule has 82 valence electrons. The zero-order chi connectivity index (χ0) is 10.8. The van der Waals surface area contributed by atoms with Gasteiger partial charge in [0.25, 0.3) is 0 Å². The SMILES string of the molecule is O=C(O)C(F)(F)CS(=O)C1CCOC1. The van der Waals surface area contributed by atoms with E-state index in [-0.39, 0.29) is 6.61 Å². The Morgan fingerprint density at radius 2 is 2.29 bits per heavy atom. The predicted molar refractivity (Wildman–Crippen MR) is 44.8 cm³/mol. The normalized spacial score (nSPS) is 24.9. The molecular weight excluding hydrogens is 218 g/mol. The Labute approximate surface area is 81.7 Å². The van der Waals surface area contributed by atoms with Crippen molar-refractivity contribution in [3.63, 3.8) is 0 Å². The lowest BCUT2D eigenvalue weighted by Gasteiger charge is -2.13. The van der Waals surface area contributed by atoms with E-state index >= 15 is 0 Å². The van der Waals surface area contributed by atoms with Crippen molar-refractivity contribution in [3.05, 3.63) is 0 Å². The van der Waals surface area contributed by atoms with Crippen LogP contribution < -0.4 is 0 Å². The maximum Gasteiger partial charge on any atom is 0.375 e. The molecule has 0 aromatic rings. The van der Waals surface area contributed by atoms with E-state index in [0.717, 1.165) is 0 Å². The molecule has 0 aromatic carbocycles. The molecule has 1 N–H and O–H groups in total. The van der Waals surface area contributed by atoms with Crippen LogP contribution in [0.5, 0.6) is 0 Å². The van der Waals surface area contributed by atoms with E-state index in [1.165, 1.54) is 0 Å². The maximum atomic E-state index is 12.6. The van der Waals surface area contributed by atoms with Crippen molar-refractivity contribution in [1.29, 1.82) is 0 Å². The number of carboxylic acids is 1. The smallest absolute Gasteiger partial charge is 0.375 e. The Balaban J connectivity index is 2.51. The first-order valence-electron chi connectivity index (χ1n) is 3.99. The Morgan fingerprint density at radius 1 is 1.64 bits per heavy atom. The minimum Gasteiger partial charge on any atom is -0.477 e. The fourth-order valence-electron chi connectivity index (χ4n) is 1.08. The van der Waals surface area contributed by atoms with Gasteiger partial charge in [-0.15, -0.1) is 0 Å². The molecule has 1 aliphatic heterocycles. The Kier molecular flexibility index (Phi) is 3.54. The average Bonchev–Trinajstić information content (AvgIpc) is 2.54. The average molecular weight is 228 g/mol. The molecule has 2 atom stereocenters. The number of alkyl halides is 2. The number of carboxylic acid groups (broad SMARTS) is 1. The molecule has 0 saturated carbocycles. The van der Waals surface area contributed by atoms with E-state index in [0.29, 0.717) is 13.0 Å². The number of hydrogen-bond donors (Lipinski definition) is 1. The van der Waals surface area contributed by atoms with Crippen LogP contribution in [0.1, 0.15) is 6.42 Å². The largest absolute Gasteiger partial charge is 0.477 e.